The van der Waals surface area contributed by atoms with Gasteiger partial charge in [0.15, 0.2) is 12.5 Å². The first-order valence-corrected chi connectivity index (χ1v) is 6.20. The van der Waals surface area contributed by atoms with Crippen molar-refractivity contribution in [2.45, 2.75) is 25.0 Å². The number of carbonyl (C=O) groups excluding carboxylic acids is 1. The molecule has 90 valence electrons. The fourth-order valence-corrected chi connectivity index (χ4v) is 2.81. The van der Waals surface area contributed by atoms with E-state index in [4.69, 9.17) is 0 Å². The largest absolute Gasteiger partial charge is 0.358 e. The van der Waals surface area contributed by atoms with E-state index in [9.17, 15) is 4.79 Å². The smallest absolute Gasteiger partial charge is 0.162 e. The summed E-state index contributed by atoms with van der Waals surface area (Å²) in [6, 6.07) is 8.62. The van der Waals surface area contributed by atoms with Crippen LogP contribution in [0.3, 0.4) is 0 Å². The maximum absolute atomic E-state index is 11.2. The Morgan fingerprint density at radius 3 is 2.76 bits per heavy atom. The molecule has 3 rings (SSSR count). The first-order valence-electron chi connectivity index (χ1n) is 6.20. The number of benzene rings is 1. The summed E-state index contributed by atoms with van der Waals surface area (Å²) in [5, 5.41) is 6.63. The molecular formula is C13H17N3O. The molecule has 0 bridgehead atoms. The van der Waals surface area contributed by atoms with Crippen LogP contribution < -0.4 is 15.5 Å². The Labute approximate surface area is 101 Å². The number of carbonyl (C=O) groups is 1. The van der Waals surface area contributed by atoms with Gasteiger partial charge < -0.3 is 15.5 Å². The van der Waals surface area contributed by atoms with Crippen molar-refractivity contribution in [3.63, 3.8) is 0 Å². The van der Waals surface area contributed by atoms with Gasteiger partial charge in [-0.25, -0.2) is 0 Å². The zero-order valence-electron chi connectivity index (χ0n) is 9.73. The minimum absolute atomic E-state index is 0.199. The number of nitrogens with one attached hydrogen (secondary N) is 2. The van der Waals surface area contributed by atoms with Gasteiger partial charge in [-0.3, -0.25) is 4.79 Å². The first-order chi connectivity index (χ1) is 8.40. The number of hydrogen-bond donors (Lipinski definition) is 2. The van der Waals surface area contributed by atoms with Gasteiger partial charge in [-0.1, -0.05) is 12.1 Å². The van der Waals surface area contributed by atoms with Crippen molar-refractivity contribution in [1.29, 1.82) is 0 Å². The highest BCUT2D eigenvalue weighted by molar-refractivity contribution is 5.84. The lowest BCUT2D eigenvalue weighted by Gasteiger charge is -2.35. The van der Waals surface area contributed by atoms with E-state index in [-0.39, 0.29) is 6.17 Å². The van der Waals surface area contributed by atoms with Crippen molar-refractivity contribution >= 4 is 17.7 Å². The minimum atomic E-state index is -0.199. The molecule has 1 fully saturated rings. The van der Waals surface area contributed by atoms with Crippen LogP contribution >= 0.6 is 0 Å². The summed E-state index contributed by atoms with van der Waals surface area (Å²) in [6.45, 7) is 2.07. The van der Waals surface area contributed by atoms with E-state index in [0.717, 1.165) is 43.6 Å². The molecule has 0 saturated carbocycles. The van der Waals surface area contributed by atoms with Gasteiger partial charge in [-0.05, 0) is 38.1 Å². The van der Waals surface area contributed by atoms with Crippen LogP contribution in [0.4, 0.5) is 11.4 Å². The molecule has 4 heteroatoms. The highest BCUT2D eigenvalue weighted by Gasteiger charge is 2.33. The van der Waals surface area contributed by atoms with E-state index in [1.54, 1.807) is 0 Å². The zero-order valence-corrected chi connectivity index (χ0v) is 9.73. The molecule has 0 aliphatic carbocycles. The van der Waals surface area contributed by atoms with Crippen LogP contribution in [0, 0.1) is 0 Å². The lowest BCUT2D eigenvalue weighted by atomic mass is 10.0. The highest BCUT2D eigenvalue weighted by Crippen LogP contribution is 2.36. The molecule has 0 aromatic heterocycles. The summed E-state index contributed by atoms with van der Waals surface area (Å²) in [5.41, 5.74) is 2.24. The van der Waals surface area contributed by atoms with Crippen LogP contribution in [0.25, 0.3) is 0 Å². The van der Waals surface area contributed by atoms with Crippen LogP contribution in [-0.2, 0) is 4.79 Å². The Morgan fingerprint density at radius 2 is 2.00 bits per heavy atom. The minimum Gasteiger partial charge on any atom is -0.358 e. The molecule has 2 aliphatic rings. The summed E-state index contributed by atoms with van der Waals surface area (Å²) in [5.74, 6) is 0. The zero-order chi connectivity index (χ0) is 11.7. The molecule has 17 heavy (non-hydrogen) atoms. The molecular weight excluding hydrogens is 214 g/mol. The topological polar surface area (TPSA) is 44.4 Å². The molecule has 1 saturated heterocycles. The van der Waals surface area contributed by atoms with Gasteiger partial charge in [-0.15, -0.1) is 0 Å². The molecule has 2 heterocycles. The summed E-state index contributed by atoms with van der Waals surface area (Å²) in [4.78, 5) is 13.4. The number of anilines is 2. The van der Waals surface area contributed by atoms with Crippen molar-refractivity contribution in [3.8, 4) is 0 Å². The second-order valence-electron chi connectivity index (χ2n) is 4.63. The van der Waals surface area contributed by atoms with Crippen LogP contribution in [-0.4, -0.2) is 31.6 Å². The predicted octanol–water partition coefficient (Wildman–Crippen LogP) is 1.20. The molecule has 0 spiro atoms. The fraction of sp³-hybridized carbons (Fsp3) is 0.462. The van der Waals surface area contributed by atoms with Crippen molar-refractivity contribution in [1.82, 2.24) is 5.32 Å². The molecule has 4 nitrogen and oxygen atoms in total. The first kappa shape index (κ1) is 10.6. The van der Waals surface area contributed by atoms with Crippen molar-refractivity contribution in [3.05, 3.63) is 24.3 Å². The third-order valence-corrected chi connectivity index (χ3v) is 3.62. The Morgan fingerprint density at radius 1 is 1.24 bits per heavy atom. The third-order valence-electron chi connectivity index (χ3n) is 3.62. The quantitative estimate of drug-likeness (QED) is 0.751. The number of rotatable bonds is 2. The number of fused-ring (bicyclic) bond motifs is 1. The second-order valence-corrected chi connectivity index (χ2v) is 4.63. The van der Waals surface area contributed by atoms with E-state index in [2.05, 4.69) is 21.6 Å². The van der Waals surface area contributed by atoms with Crippen LogP contribution in [0.15, 0.2) is 24.3 Å². The molecule has 0 radical (unpaired) electrons. The highest BCUT2D eigenvalue weighted by atomic mass is 16.1. The molecule has 2 N–H and O–H groups in total. The third kappa shape index (κ3) is 1.78. The maximum atomic E-state index is 11.2. The lowest BCUT2D eigenvalue weighted by Crippen LogP contribution is -2.48. The van der Waals surface area contributed by atoms with E-state index >= 15 is 0 Å². The normalized spacial score (nSPS) is 24.2. The van der Waals surface area contributed by atoms with Gasteiger partial charge in [0, 0.05) is 6.04 Å². The maximum Gasteiger partial charge on any atom is 0.162 e. The van der Waals surface area contributed by atoms with Gasteiger partial charge in [0.1, 0.15) is 0 Å². The number of nitrogens with zero attached hydrogens (tertiary/aromatic N) is 1. The molecule has 1 aromatic carbocycles. The van der Waals surface area contributed by atoms with Crippen molar-refractivity contribution < 1.29 is 4.79 Å². The van der Waals surface area contributed by atoms with Gasteiger partial charge >= 0.3 is 0 Å². The number of aldehydes is 1. The van der Waals surface area contributed by atoms with Gasteiger partial charge in [0.2, 0.25) is 0 Å². The van der Waals surface area contributed by atoms with E-state index in [1.807, 2.05) is 18.2 Å². The van der Waals surface area contributed by atoms with Crippen molar-refractivity contribution in [2.75, 3.05) is 23.3 Å². The van der Waals surface area contributed by atoms with E-state index in [1.165, 1.54) is 0 Å². The van der Waals surface area contributed by atoms with Crippen LogP contribution in [0.1, 0.15) is 12.8 Å². The average molecular weight is 231 g/mol. The van der Waals surface area contributed by atoms with Gasteiger partial charge in [0.05, 0.1) is 11.4 Å². The molecule has 2 aliphatic heterocycles. The van der Waals surface area contributed by atoms with Gasteiger partial charge in [-0.2, -0.15) is 0 Å². The van der Waals surface area contributed by atoms with Crippen LogP contribution in [0.5, 0.6) is 0 Å². The summed E-state index contributed by atoms with van der Waals surface area (Å²) >= 11 is 0. The Kier molecular flexibility index (Phi) is 2.73. The molecule has 1 unspecified atom stereocenters. The number of hydrogen-bond acceptors (Lipinski definition) is 4. The Bertz CT molecular complexity index is 415. The average Bonchev–Trinajstić information content (AvgIpc) is 2.78. The number of para-hydroxylation sites is 2. The lowest BCUT2D eigenvalue weighted by molar-refractivity contribution is -0.108. The Hall–Kier alpha value is -1.55. The van der Waals surface area contributed by atoms with E-state index < -0.39 is 0 Å². The second kappa shape index (κ2) is 4.37. The summed E-state index contributed by atoms with van der Waals surface area (Å²) in [6.07, 6.45) is 3.00. The monoisotopic (exact) mass is 231 g/mol. The summed E-state index contributed by atoms with van der Waals surface area (Å²) < 4.78 is 0. The predicted molar refractivity (Wildman–Crippen MR) is 68.3 cm³/mol. The molecule has 0 amide bonds. The Balaban J connectivity index is 1.92. The SMILES string of the molecule is O=CC1Nc2ccccc2N1C1CCNCC1. The summed E-state index contributed by atoms with van der Waals surface area (Å²) in [7, 11) is 0. The van der Waals surface area contributed by atoms with Crippen LogP contribution in [0.2, 0.25) is 0 Å². The standard InChI is InChI=1S/C13H17N3O/c17-9-13-15-11-3-1-2-4-12(11)16(13)10-5-7-14-8-6-10/h1-4,9-10,13-15H,5-8H2. The fourth-order valence-electron chi connectivity index (χ4n) is 2.81. The number of piperidine rings is 1. The molecule has 1 atom stereocenters. The van der Waals surface area contributed by atoms with Crippen molar-refractivity contribution in [2.24, 2.45) is 0 Å². The van der Waals surface area contributed by atoms with E-state index in [0.29, 0.717) is 6.04 Å². The molecule has 1 aromatic rings. The van der Waals surface area contributed by atoms with Gasteiger partial charge in [0.25, 0.3) is 0 Å².